The van der Waals surface area contributed by atoms with Gasteiger partial charge in [0.2, 0.25) is 0 Å². The summed E-state index contributed by atoms with van der Waals surface area (Å²) in [5.74, 6) is 0.0131. The van der Waals surface area contributed by atoms with E-state index in [4.69, 9.17) is 10.5 Å². The van der Waals surface area contributed by atoms with E-state index in [1.165, 1.54) is 0 Å². The van der Waals surface area contributed by atoms with E-state index in [0.717, 1.165) is 31.4 Å². The van der Waals surface area contributed by atoms with Gasteiger partial charge in [-0.1, -0.05) is 0 Å². The molecule has 0 aliphatic heterocycles. The van der Waals surface area contributed by atoms with Crippen molar-refractivity contribution in [1.29, 1.82) is 0 Å². The molecule has 0 aromatic carbocycles. The van der Waals surface area contributed by atoms with Crippen LogP contribution in [0.3, 0.4) is 0 Å². The monoisotopic (exact) mass is 221 g/mol. The number of imidazole rings is 1. The lowest BCUT2D eigenvalue weighted by Gasteiger charge is -2.08. The molecule has 5 heteroatoms. The van der Waals surface area contributed by atoms with E-state index in [0.29, 0.717) is 23.7 Å². The van der Waals surface area contributed by atoms with Crippen LogP contribution in [0, 0.1) is 0 Å². The van der Waals surface area contributed by atoms with Crippen LogP contribution in [0.15, 0.2) is 0 Å². The summed E-state index contributed by atoms with van der Waals surface area (Å²) in [4.78, 5) is 15.6. The fraction of sp³-hybridized carbons (Fsp3) is 0.636. The highest BCUT2D eigenvalue weighted by molar-refractivity contribution is 5.92. The minimum Gasteiger partial charge on any atom is -0.468 e. The predicted octanol–water partition coefficient (Wildman–Crippen LogP) is 1.20. The summed E-state index contributed by atoms with van der Waals surface area (Å²) in [7, 11) is 1.59. The zero-order chi connectivity index (χ0) is 11.3. The van der Waals surface area contributed by atoms with Gasteiger partial charge in [-0.3, -0.25) is 9.36 Å². The first-order chi connectivity index (χ1) is 7.72. The molecule has 2 saturated carbocycles. The highest BCUT2D eigenvalue weighted by Gasteiger charge is 2.39. The molecule has 86 valence electrons. The molecule has 1 heterocycles. The number of rotatable bonds is 4. The standard InChI is InChI=1S/C11H15N3O2/c1-16-11-13-8(10(12)15)9(6-2-3-6)14(11)7-4-5-7/h6-7H,2-5H2,1H3,(H2,12,15). The van der Waals surface area contributed by atoms with Crippen LogP contribution in [0.25, 0.3) is 0 Å². The molecule has 1 amide bonds. The van der Waals surface area contributed by atoms with Gasteiger partial charge in [-0.25, -0.2) is 0 Å². The van der Waals surface area contributed by atoms with Crippen LogP contribution in [-0.2, 0) is 0 Å². The molecular weight excluding hydrogens is 206 g/mol. The van der Waals surface area contributed by atoms with E-state index < -0.39 is 5.91 Å². The Balaban J connectivity index is 2.14. The normalized spacial score (nSPS) is 19.8. The molecule has 5 nitrogen and oxygen atoms in total. The van der Waals surface area contributed by atoms with E-state index in [-0.39, 0.29) is 0 Å². The molecule has 0 unspecified atom stereocenters. The van der Waals surface area contributed by atoms with Crippen LogP contribution in [0.5, 0.6) is 6.01 Å². The van der Waals surface area contributed by atoms with Crippen molar-refractivity contribution in [3.8, 4) is 6.01 Å². The number of aromatic nitrogens is 2. The number of nitrogens with zero attached hydrogens (tertiary/aromatic N) is 2. The van der Waals surface area contributed by atoms with E-state index in [1.54, 1.807) is 7.11 Å². The number of primary amides is 1. The summed E-state index contributed by atoms with van der Waals surface area (Å²) >= 11 is 0. The molecule has 2 aliphatic rings. The Bertz CT molecular complexity index is 444. The molecule has 0 bridgehead atoms. The Kier molecular flexibility index (Phi) is 1.96. The van der Waals surface area contributed by atoms with Crippen molar-refractivity contribution < 1.29 is 9.53 Å². The fourth-order valence-electron chi connectivity index (χ4n) is 2.18. The molecule has 2 N–H and O–H groups in total. The number of nitrogens with two attached hydrogens (primary N) is 1. The minimum absolute atomic E-state index is 0.409. The number of hydrogen-bond acceptors (Lipinski definition) is 3. The van der Waals surface area contributed by atoms with Gasteiger partial charge >= 0.3 is 0 Å². The third-order valence-electron chi connectivity index (χ3n) is 3.21. The van der Waals surface area contributed by atoms with Gasteiger partial charge in [-0.15, -0.1) is 0 Å². The Morgan fingerprint density at radius 2 is 2.12 bits per heavy atom. The van der Waals surface area contributed by atoms with Crippen molar-refractivity contribution in [3.63, 3.8) is 0 Å². The van der Waals surface area contributed by atoms with E-state index in [2.05, 4.69) is 9.55 Å². The molecule has 0 spiro atoms. The number of carbonyl (C=O) groups is 1. The summed E-state index contributed by atoms with van der Waals surface area (Å²) in [6.45, 7) is 0. The molecule has 1 aromatic heterocycles. The smallest absolute Gasteiger partial charge is 0.297 e. The molecule has 2 aliphatic carbocycles. The van der Waals surface area contributed by atoms with Crippen LogP contribution in [0.1, 0.15) is 53.8 Å². The highest BCUT2D eigenvalue weighted by atomic mass is 16.5. The summed E-state index contributed by atoms with van der Waals surface area (Å²) in [6.07, 6.45) is 4.54. The largest absolute Gasteiger partial charge is 0.468 e. The molecule has 2 fully saturated rings. The Labute approximate surface area is 93.6 Å². The van der Waals surface area contributed by atoms with Gasteiger partial charge in [-0.2, -0.15) is 4.98 Å². The highest BCUT2D eigenvalue weighted by Crippen LogP contribution is 2.48. The van der Waals surface area contributed by atoms with Gasteiger partial charge in [0.05, 0.1) is 12.8 Å². The van der Waals surface area contributed by atoms with Crippen LogP contribution >= 0.6 is 0 Å². The van der Waals surface area contributed by atoms with E-state index in [9.17, 15) is 4.79 Å². The number of carbonyl (C=O) groups excluding carboxylic acids is 1. The summed E-state index contributed by atoms with van der Waals surface area (Å²) in [5, 5.41) is 0. The third-order valence-corrected chi connectivity index (χ3v) is 3.21. The van der Waals surface area contributed by atoms with Crippen LogP contribution < -0.4 is 10.5 Å². The number of ether oxygens (including phenoxy) is 1. The van der Waals surface area contributed by atoms with E-state index >= 15 is 0 Å². The maximum atomic E-state index is 11.4. The zero-order valence-corrected chi connectivity index (χ0v) is 9.27. The van der Waals surface area contributed by atoms with Crippen molar-refractivity contribution in [3.05, 3.63) is 11.4 Å². The van der Waals surface area contributed by atoms with Crippen molar-refractivity contribution in [2.75, 3.05) is 7.11 Å². The van der Waals surface area contributed by atoms with Crippen molar-refractivity contribution in [1.82, 2.24) is 9.55 Å². The number of methoxy groups -OCH3 is 1. The fourth-order valence-corrected chi connectivity index (χ4v) is 2.18. The maximum absolute atomic E-state index is 11.4. The van der Waals surface area contributed by atoms with Gasteiger partial charge in [0.1, 0.15) is 0 Å². The van der Waals surface area contributed by atoms with Gasteiger partial charge in [0.15, 0.2) is 5.69 Å². The van der Waals surface area contributed by atoms with Gasteiger partial charge in [0.25, 0.3) is 11.9 Å². The lowest BCUT2D eigenvalue weighted by atomic mass is 10.2. The van der Waals surface area contributed by atoms with Gasteiger partial charge in [-0.05, 0) is 25.7 Å². The molecule has 3 rings (SSSR count). The Morgan fingerprint density at radius 3 is 2.56 bits per heavy atom. The average Bonchev–Trinajstić information content (AvgIpc) is 3.14. The summed E-state index contributed by atoms with van der Waals surface area (Å²) in [6, 6.07) is 1.00. The first-order valence-electron chi connectivity index (χ1n) is 5.68. The van der Waals surface area contributed by atoms with Crippen LogP contribution in [-0.4, -0.2) is 22.6 Å². The molecule has 0 radical (unpaired) electrons. The van der Waals surface area contributed by atoms with Crippen LogP contribution in [0.4, 0.5) is 0 Å². The molecule has 0 saturated heterocycles. The van der Waals surface area contributed by atoms with Crippen molar-refractivity contribution in [2.45, 2.75) is 37.6 Å². The zero-order valence-electron chi connectivity index (χ0n) is 9.27. The summed E-state index contributed by atoms with van der Waals surface area (Å²) in [5.41, 5.74) is 6.78. The van der Waals surface area contributed by atoms with Gasteiger partial charge < -0.3 is 10.5 Å². The lowest BCUT2D eigenvalue weighted by Crippen LogP contribution is -2.14. The number of amides is 1. The Morgan fingerprint density at radius 1 is 1.44 bits per heavy atom. The Hall–Kier alpha value is -1.52. The molecular formula is C11H15N3O2. The summed E-state index contributed by atoms with van der Waals surface area (Å²) < 4.78 is 7.32. The second-order valence-corrected chi connectivity index (χ2v) is 4.57. The quantitative estimate of drug-likeness (QED) is 0.830. The number of hydrogen-bond donors (Lipinski definition) is 1. The molecule has 1 aromatic rings. The SMILES string of the molecule is COc1nc(C(N)=O)c(C2CC2)n1C1CC1. The lowest BCUT2D eigenvalue weighted by molar-refractivity contribution is 0.0994. The second-order valence-electron chi connectivity index (χ2n) is 4.57. The predicted molar refractivity (Wildman–Crippen MR) is 57.5 cm³/mol. The third kappa shape index (κ3) is 1.38. The average molecular weight is 221 g/mol. The van der Waals surface area contributed by atoms with Crippen LogP contribution in [0.2, 0.25) is 0 Å². The van der Waals surface area contributed by atoms with E-state index in [1.807, 2.05) is 0 Å². The molecule has 0 atom stereocenters. The first-order valence-corrected chi connectivity index (χ1v) is 5.68. The first kappa shape index (κ1) is 9.69. The molecule has 16 heavy (non-hydrogen) atoms. The van der Waals surface area contributed by atoms with Crippen molar-refractivity contribution >= 4 is 5.91 Å². The van der Waals surface area contributed by atoms with Crippen molar-refractivity contribution in [2.24, 2.45) is 5.73 Å². The second kappa shape index (κ2) is 3.23. The van der Waals surface area contributed by atoms with Gasteiger partial charge in [0, 0.05) is 12.0 Å². The maximum Gasteiger partial charge on any atom is 0.297 e. The topological polar surface area (TPSA) is 70.1 Å². The minimum atomic E-state index is -0.445.